The van der Waals surface area contributed by atoms with E-state index in [-0.39, 0.29) is 18.2 Å². The molecule has 0 saturated heterocycles. The third kappa shape index (κ3) is 4.24. The van der Waals surface area contributed by atoms with Gasteiger partial charge in [-0.3, -0.25) is 9.59 Å². The first-order valence-electron chi connectivity index (χ1n) is 8.12. The summed E-state index contributed by atoms with van der Waals surface area (Å²) < 4.78 is 40.4. The predicted octanol–water partition coefficient (Wildman–Crippen LogP) is 3.26. The Morgan fingerprint density at radius 2 is 1.80 bits per heavy atom. The van der Waals surface area contributed by atoms with Crippen LogP contribution in [0, 0.1) is 17.8 Å². The summed E-state index contributed by atoms with van der Waals surface area (Å²) in [5.41, 5.74) is 0.427. The summed E-state index contributed by atoms with van der Waals surface area (Å²) >= 11 is 0. The number of fused-ring (bicyclic) bond motifs is 1. The Hall–Kier alpha value is -2.25. The monoisotopic (exact) mass is 357 g/mol. The second-order valence-corrected chi connectivity index (χ2v) is 6.56. The van der Waals surface area contributed by atoms with Crippen molar-refractivity contribution in [3.63, 3.8) is 0 Å². The molecule has 2 aliphatic carbocycles. The molecule has 0 heterocycles. The van der Waals surface area contributed by atoms with Crippen molar-refractivity contribution in [1.82, 2.24) is 5.32 Å². The zero-order chi connectivity index (χ0) is 18.2. The molecule has 8 heteroatoms. The molecule has 5 nitrogen and oxygen atoms in total. The Morgan fingerprint density at radius 1 is 1.20 bits per heavy atom. The second kappa shape index (κ2) is 6.57. The number of ether oxygens (including phenoxy) is 1. The van der Waals surface area contributed by atoms with Gasteiger partial charge in [-0.1, -0.05) is 18.6 Å². The van der Waals surface area contributed by atoms with Crippen molar-refractivity contribution in [1.29, 1.82) is 0 Å². The quantitative estimate of drug-likeness (QED) is 0.819. The number of alkyl halides is 3. The summed E-state index contributed by atoms with van der Waals surface area (Å²) in [6.07, 6.45) is -1.96. The highest BCUT2D eigenvalue weighted by molar-refractivity contribution is 5.83. The van der Waals surface area contributed by atoms with E-state index in [0.29, 0.717) is 17.4 Å². The summed E-state index contributed by atoms with van der Waals surface area (Å²) in [6, 6.07) is 4.10. The Bertz CT molecular complexity index is 649. The predicted molar refractivity (Wildman–Crippen MR) is 80.6 cm³/mol. The lowest BCUT2D eigenvalue weighted by Gasteiger charge is -2.19. The van der Waals surface area contributed by atoms with Crippen molar-refractivity contribution in [3.8, 4) is 5.75 Å². The van der Waals surface area contributed by atoms with E-state index in [1.165, 1.54) is 12.1 Å². The van der Waals surface area contributed by atoms with E-state index in [2.05, 4.69) is 10.1 Å². The Kier molecular flexibility index (Phi) is 4.62. The average molecular weight is 357 g/mol. The normalized spacial score (nSPS) is 25.8. The topological polar surface area (TPSA) is 75.6 Å². The van der Waals surface area contributed by atoms with Crippen molar-refractivity contribution in [2.75, 3.05) is 0 Å². The number of hydrogen-bond acceptors (Lipinski definition) is 3. The van der Waals surface area contributed by atoms with Crippen LogP contribution in [-0.4, -0.2) is 23.3 Å². The van der Waals surface area contributed by atoms with Gasteiger partial charge >= 0.3 is 12.3 Å². The fraction of sp³-hybridized carbons (Fsp3) is 0.529. The maximum atomic E-state index is 12.4. The third-order valence-corrected chi connectivity index (χ3v) is 4.92. The van der Waals surface area contributed by atoms with Gasteiger partial charge in [0.15, 0.2) is 0 Å². The zero-order valence-corrected chi connectivity index (χ0v) is 13.3. The molecule has 2 fully saturated rings. The van der Waals surface area contributed by atoms with Crippen LogP contribution in [0.1, 0.15) is 37.3 Å². The lowest BCUT2D eigenvalue weighted by molar-refractivity contribution is -0.274. The van der Waals surface area contributed by atoms with Gasteiger partial charge < -0.3 is 15.2 Å². The van der Waals surface area contributed by atoms with Gasteiger partial charge in [-0.05, 0) is 42.4 Å². The molecule has 0 radical (unpaired) electrons. The molecule has 3 rings (SSSR count). The minimum absolute atomic E-state index is 0.0575. The van der Waals surface area contributed by atoms with Crippen molar-refractivity contribution >= 4 is 11.9 Å². The van der Waals surface area contributed by atoms with Crippen molar-refractivity contribution in [2.24, 2.45) is 17.8 Å². The molecule has 0 bridgehead atoms. The van der Waals surface area contributed by atoms with Crippen LogP contribution in [0.5, 0.6) is 5.75 Å². The number of amides is 1. The number of hydrogen-bond donors (Lipinski definition) is 2. The van der Waals surface area contributed by atoms with Crippen LogP contribution in [0.25, 0.3) is 0 Å². The van der Waals surface area contributed by atoms with Gasteiger partial charge in [0.1, 0.15) is 5.75 Å². The molecule has 2 aliphatic rings. The number of benzene rings is 1. The number of aliphatic carboxylic acids is 1. The van der Waals surface area contributed by atoms with E-state index in [4.69, 9.17) is 5.11 Å². The highest BCUT2D eigenvalue weighted by Crippen LogP contribution is 2.57. The molecule has 2 N–H and O–H groups in total. The molecule has 3 atom stereocenters. The largest absolute Gasteiger partial charge is 0.573 e. The molecule has 136 valence electrons. The molecule has 0 aromatic heterocycles. The minimum Gasteiger partial charge on any atom is -0.481 e. The SMILES string of the molecule is O=C(O)CC(NC(=O)C1C2CCCC21)c1ccc(OC(F)(F)F)cc1. The number of rotatable bonds is 6. The van der Waals surface area contributed by atoms with Gasteiger partial charge in [-0.2, -0.15) is 0 Å². The average Bonchev–Trinajstić information content (AvgIpc) is 2.99. The first kappa shape index (κ1) is 17.6. The molecular weight excluding hydrogens is 339 g/mol. The Balaban J connectivity index is 1.67. The number of nitrogens with one attached hydrogen (secondary N) is 1. The van der Waals surface area contributed by atoms with Crippen LogP contribution in [-0.2, 0) is 9.59 Å². The molecule has 1 amide bonds. The van der Waals surface area contributed by atoms with E-state index in [1.807, 2.05) is 0 Å². The number of carbonyl (C=O) groups excluding carboxylic acids is 1. The van der Waals surface area contributed by atoms with Gasteiger partial charge in [-0.25, -0.2) is 0 Å². The number of carbonyl (C=O) groups is 2. The van der Waals surface area contributed by atoms with Crippen LogP contribution in [0.15, 0.2) is 24.3 Å². The highest BCUT2D eigenvalue weighted by atomic mass is 19.4. The van der Waals surface area contributed by atoms with Gasteiger partial charge in [-0.15, -0.1) is 13.2 Å². The molecule has 2 saturated carbocycles. The van der Waals surface area contributed by atoms with Gasteiger partial charge in [0.25, 0.3) is 0 Å². The van der Waals surface area contributed by atoms with Gasteiger partial charge in [0, 0.05) is 5.92 Å². The summed E-state index contributed by atoms with van der Waals surface area (Å²) in [4.78, 5) is 23.4. The fourth-order valence-corrected chi connectivity index (χ4v) is 3.81. The van der Waals surface area contributed by atoms with Crippen LogP contribution < -0.4 is 10.1 Å². The summed E-state index contributed by atoms with van der Waals surface area (Å²) in [5, 5.41) is 11.8. The fourth-order valence-electron chi connectivity index (χ4n) is 3.81. The van der Waals surface area contributed by atoms with Crippen molar-refractivity contribution < 1.29 is 32.6 Å². The Labute approximate surface area is 142 Å². The maximum absolute atomic E-state index is 12.4. The third-order valence-electron chi connectivity index (χ3n) is 4.92. The molecule has 25 heavy (non-hydrogen) atoms. The molecule has 0 aliphatic heterocycles. The van der Waals surface area contributed by atoms with Crippen LogP contribution in [0.4, 0.5) is 13.2 Å². The summed E-state index contributed by atoms with van der Waals surface area (Å²) in [6.45, 7) is 0. The van der Waals surface area contributed by atoms with Crippen LogP contribution in [0.2, 0.25) is 0 Å². The molecule has 3 unspecified atom stereocenters. The molecule has 1 aromatic rings. The van der Waals surface area contributed by atoms with E-state index < -0.39 is 24.1 Å². The van der Waals surface area contributed by atoms with E-state index in [9.17, 15) is 22.8 Å². The van der Waals surface area contributed by atoms with Crippen molar-refractivity contribution in [3.05, 3.63) is 29.8 Å². The smallest absolute Gasteiger partial charge is 0.481 e. The number of carboxylic acid groups (broad SMARTS) is 1. The van der Waals surface area contributed by atoms with Crippen LogP contribution >= 0.6 is 0 Å². The minimum atomic E-state index is -4.79. The van der Waals surface area contributed by atoms with Crippen molar-refractivity contribution in [2.45, 2.75) is 38.1 Å². The first-order valence-corrected chi connectivity index (χ1v) is 8.12. The van der Waals surface area contributed by atoms with E-state index in [0.717, 1.165) is 31.4 Å². The molecule has 0 spiro atoms. The number of carboxylic acids is 1. The standard InChI is InChI=1S/C17H18F3NO4/c18-17(19,20)25-10-6-4-9(5-7-10)13(8-14(22)23)21-16(24)15-11-2-1-3-12(11)15/h4-7,11-13,15H,1-3,8H2,(H,21,24)(H,22,23). The van der Waals surface area contributed by atoms with E-state index >= 15 is 0 Å². The first-order chi connectivity index (χ1) is 11.7. The lowest BCUT2D eigenvalue weighted by atomic mass is 10.0. The highest BCUT2D eigenvalue weighted by Gasteiger charge is 2.56. The maximum Gasteiger partial charge on any atom is 0.573 e. The molecular formula is C17H18F3NO4. The van der Waals surface area contributed by atoms with Gasteiger partial charge in [0.05, 0.1) is 12.5 Å². The van der Waals surface area contributed by atoms with E-state index in [1.54, 1.807) is 0 Å². The molecule has 1 aromatic carbocycles. The zero-order valence-electron chi connectivity index (χ0n) is 13.3. The van der Waals surface area contributed by atoms with Gasteiger partial charge in [0.2, 0.25) is 5.91 Å². The summed E-state index contributed by atoms with van der Waals surface area (Å²) in [5.74, 6) is -0.930. The second-order valence-electron chi connectivity index (χ2n) is 6.56. The Morgan fingerprint density at radius 3 is 2.32 bits per heavy atom. The summed E-state index contributed by atoms with van der Waals surface area (Å²) in [7, 11) is 0. The lowest BCUT2D eigenvalue weighted by Crippen LogP contribution is -2.32. The van der Waals surface area contributed by atoms with Crippen LogP contribution in [0.3, 0.4) is 0 Å². The number of halogens is 3.